The predicted octanol–water partition coefficient (Wildman–Crippen LogP) is 7.68. The Hall–Kier alpha value is -2.88. The number of imidazole rings is 1. The summed E-state index contributed by atoms with van der Waals surface area (Å²) in [5.41, 5.74) is 8.87. The molecule has 0 atom stereocenters. The van der Waals surface area contributed by atoms with Gasteiger partial charge >= 0.3 is 0 Å². The maximum atomic E-state index is 6.63. The van der Waals surface area contributed by atoms with Crippen LogP contribution in [0.5, 0.6) is 0 Å². The van der Waals surface area contributed by atoms with E-state index in [9.17, 15) is 0 Å². The number of hydrogen-bond donors (Lipinski definition) is 1. The van der Waals surface area contributed by atoms with Crippen LogP contribution in [0, 0.1) is 0 Å². The average Bonchev–Trinajstić information content (AvgIpc) is 3.41. The van der Waals surface area contributed by atoms with Gasteiger partial charge in [0.2, 0.25) is 0 Å². The molecule has 1 saturated carbocycles. The molecule has 2 aliphatic rings. The van der Waals surface area contributed by atoms with Crippen molar-refractivity contribution in [3.8, 4) is 22.6 Å². The third-order valence-electron chi connectivity index (χ3n) is 7.82. The quantitative estimate of drug-likeness (QED) is 0.317. The van der Waals surface area contributed by atoms with Crippen LogP contribution in [-0.4, -0.2) is 27.5 Å². The van der Waals surface area contributed by atoms with Gasteiger partial charge in [-0.15, -0.1) is 0 Å². The maximum Gasteiger partial charge on any atom is 0.139 e. The summed E-state index contributed by atoms with van der Waals surface area (Å²) in [5.74, 6) is 0.814. The minimum atomic E-state index is 0.723. The fraction of sp³-hybridized carbons (Fsp3) is 0.323. The highest BCUT2D eigenvalue weighted by molar-refractivity contribution is 6.33. The Morgan fingerprint density at radius 1 is 0.943 bits per heavy atom. The van der Waals surface area contributed by atoms with Gasteiger partial charge in [-0.05, 0) is 65.6 Å². The Balaban J connectivity index is 1.23. The second-order valence-corrected chi connectivity index (χ2v) is 10.5. The summed E-state index contributed by atoms with van der Waals surface area (Å²) < 4.78 is 0. The molecule has 1 fully saturated rings. The standard InChI is InChI=1S/C31H32ClN3/c32-29-15-14-22(19-28(29)31-33-20-30(34-31)23-8-3-1-4-9-23)18-24-10-7-11-25-21-35(17-16-27(24)25)26-12-5-2-6-13-26/h1,3-4,7-11,14-15,19-20,26H,2,5-6,12-13,16-18,21H2,(H,33,34). The molecule has 6 rings (SSSR count). The summed E-state index contributed by atoms with van der Waals surface area (Å²) in [6.45, 7) is 2.30. The first-order valence-corrected chi connectivity index (χ1v) is 13.4. The third-order valence-corrected chi connectivity index (χ3v) is 8.15. The van der Waals surface area contributed by atoms with Gasteiger partial charge < -0.3 is 4.98 Å². The topological polar surface area (TPSA) is 31.9 Å². The highest BCUT2D eigenvalue weighted by Crippen LogP contribution is 2.32. The Labute approximate surface area is 213 Å². The summed E-state index contributed by atoms with van der Waals surface area (Å²) in [6, 6.07) is 24.3. The molecule has 4 aromatic rings. The molecule has 35 heavy (non-hydrogen) atoms. The average molecular weight is 482 g/mol. The van der Waals surface area contributed by atoms with E-state index in [4.69, 9.17) is 11.6 Å². The lowest BCUT2D eigenvalue weighted by Crippen LogP contribution is -2.40. The van der Waals surface area contributed by atoms with E-state index in [1.807, 2.05) is 30.5 Å². The second-order valence-electron chi connectivity index (χ2n) is 10.1. The Morgan fingerprint density at radius 3 is 2.66 bits per heavy atom. The van der Waals surface area contributed by atoms with E-state index in [2.05, 4.69) is 57.3 Å². The zero-order valence-corrected chi connectivity index (χ0v) is 20.9. The second kappa shape index (κ2) is 10.0. The van der Waals surface area contributed by atoms with Crippen molar-refractivity contribution in [2.75, 3.05) is 6.54 Å². The normalized spacial score (nSPS) is 16.8. The lowest BCUT2D eigenvalue weighted by Gasteiger charge is -2.38. The summed E-state index contributed by atoms with van der Waals surface area (Å²) >= 11 is 6.63. The molecule has 3 nitrogen and oxygen atoms in total. The van der Waals surface area contributed by atoms with E-state index in [1.54, 1.807) is 5.56 Å². The summed E-state index contributed by atoms with van der Waals surface area (Å²) in [7, 11) is 0. The minimum absolute atomic E-state index is 0.723. The van der Waals surface area contributed by atoms with Crippen LogP contribution < -0.4 is 0 Å². The summed E-state index contributed by atoms with van der Waals surface area (Å²) in [6.07, 6.45) is 10.9. The number of nitrogens with one attached hydrogen (secondary N) is 1. The van der Waals surface area contributed by atoms with Crippen molar-refractivity contribution < 1.29 is 0 Å². The molecule has 3 aromatic carbocycles. The minimum Gasteiger partial charge on any atom is -0.338 e. The van der Waals surface area contributed by atoms with Crippen LogP contribution in [0.15, 0.2) is 72.9 Å². The number of aromatic nitrogens is 2. The molecule has 0 spiro atoms. The zero-order chi connectivity index (χ0) is 23.6. The van der Waals surface area contributed by atoms with Crippen molar-refractivity contribution in [1.82, 2.24) is 14.9 Å². The molecule has 1 aliphatic heterocycles. The van der Waals surface area contributed by atoms with Crippen LogP contribution in [-0.2, 0) is 19.4 Å². The van der Waals surface area contributed by atoms with Gasteiger partial charge in [0, 0.05) is 24.7 Å². The van der Waals surface area contributed by atoms with E-state index < -0.39 is 0 Å². The van der Waals surface area contributed by atoms with Gasteiger partial charge in [-0.2, -0.15) is 0 Å². The van der Waals surface area contributed by atoms with E-state index in [0.29, 0.717) is 0 Å². The fourth-order valence-corrected chi connectivity index (χ4v) is 6.15. The molecule has 0 amide bonds. The molecule has 0 bridgehead atoms. The molecule has 1 N–H and O–H groups in total. The monoisotopic (exact) mass is 481 g/mol. The Morgan fingerprint density at radius 2 is 1.80 bits per heavy atom. The fourth-order valence-electron chi connectivity index (χ4n) is 5.94. The van der Waals surface area contributed by atoms with Gasteiger partial charge in [0.1, 0.15) is 5.82 Å². The first-order chi connectivity index (χ1) is 17.2. The largest absolute Gasteiger partial charge is 0.338 e. The molecule has 1 aliphatic carbocycles. The number of aromatic amines is 1. The summed E-state index contributed by atoms with van der Waals surface area (Å²) in [4.78, 5) is 10.9. The van der Waals surface area contributed by atoms with Crippen molar-refractivity contribution in [1.29, 1.82) is 0 Å². The Bertz CT molecular complexity index is 1300. The highest BCUT2D eigenvalue weighted by Gasteiger charge is 2.26. The molecule has 2 heterocycles. The molecule has 0 saturated heterocycles. The molecule has 178 valence electrons. The predicted molar refractivity (Wildman–Crippen MR) is 145 cm³/mol. The van der Waals surface area contributed by atoms with E-state index in [1.165, 1.54) is 55.3 Å². The van der Waals surface area contributed by atoms with Crippen LogP contribution >= 0.6 is 11.6 Å². The first kappa shape index (κ1) is 22.6. The SMILES string of the molecule is Clc1ccc(Cc2cccc3c2CCN(C2CCCCC2)C3)cc1-c1ncc(-c2ccccc2)[nH]1. The van der Waals surface area contributed by atoms with Crippen LogP contribution in [0.1, 0.15) is 54.4 Å². The van der Waals surface area contributed by atoms with Gasteiger partial charge in [-0.1, -0.05) is 85.5 Å². The van der Waals surface area contributed by atoms with Crippen LogP contribution in [0.3, 0.4) is 0 Å². The number of fused-ring (bicyclic) bond motifs is 1. The van der Waals surface area contributed by atoms with Gasteiger partial charge in [-0.3, -0.25) is 4.90 Å². The lowest BCUT2D eigenvalue weighted by atomic mass is 9.88. The van der Waals surface area contributed by atoms with Gasteiger partial charge in [0.15, 0.2) is 0 Å². The number of halogens is 1. The summed E-state index contributed by atoms with van der Waals surface area (Å²) in [5, 5.41) is 0.723. The lowest BCUT2D eigenvalue weighted by molar-refractivity contribution is 0.141. The third kappa shape index (κ3) is 4.80. The zero-order valence-electron chi connectivity index (χ0n) is 20.1. The maximum absolute atomic E-state index is 6.63. The van der Waals surface area contributed by atoms with Gasteiger partial charge in [-0.25, -0.2) is 4.98 Å². The van der Waals surface area contributed by atoms with Crippen molar-refractivity contribution in [3.63, 3.8) is 0 Å². The van der Waals surface area contributed by atoms with Crippen molar-refractivity contribution >= 4 is 11.6 Å². The van der Waals surface area contributed by atoms with E-state index >= 15 is 0 Å². The molecule has 1 aromatic heterocycles. The molecular formula is C31H32ClN3. The van der Waals surface area contributed by atoms with Crippen molar-refractivity contribution in [3.05, 3.63) is 100 Å². The molecular weight excluding hydrogens is 450 g/mol. The molecule has 4 heteroatoms. The first-order valence-electron chi connectivity index (χ1n) is 13.0. The number of hydrogen-bond acceptors (Lipinski definition) is 2. The molecule has 0 unspecified atom stereocenters. The van der Waals surface area contributed by atoms with E-state index in [-0.39, 0.29) is 0 Å². The number of rotatable bonds is 5. The van der Waals surface area contributed by atoms with Gasteiger partial charge in [0.25, 0.3) is 0 Å². The number of nitrogens with zero attached hydrogens (tertiary/aromatic N) is 2. The van der Waals surface area contributed by atoms with Crippen LogP contribution in [0.2, 0.25) is 5.02 Å². The van der Waals surface area contributed by atoms with Gasteiger partial charge in [0.05, 0.1) is 16.9 Å². The molecule has 0 radical (unpaired) electrons. The Kier molecular flexibility index (Phi) is 6.45. The van der Waals surface area contributed by atoms with Crippen LogP contribution in [0.4, 0.5) is 0 Å². The highest BCUT2D eigenvalue weighted by atomic mass is 35.5. The van der Waals surface area contributed by atoms with Crippen LogP contribution in [0.25, 0.3) is 22.6 Å². The van der Waals surface area contributed by atoms with Crippen molar-refractivity contribution in [2.24, 2.45) is 0 Å². The number of H-pyrrole nitrogens is 1. The van der Waals surface area contributed by atoms with Crippen molar-refractivity contribution in [2.45, 2.75) is 57.5 Å². The number of benzene rings is 3. The smallest absolute Gasteiger partial charge is 0.139 e. The van der Waals surface area contributed by atoms with E-state index in [0.717, 1.165) is 53.1 Å².